The summed E-state index contributed by atoms with van der Waals surface area (Å²) >= 11 is 0. The van der Waals surface area contributed by atoms with Crippen LogP contribution < -0.4 is 0 Å². The number of halogens is 1. The summed E-state index contributed by atoms with van der Waals surface area (Å²) in [5, 5.41) is 0. The summed E-state index contributed by atoms with van der Waals surface area (Å²) in [6.45, 7) is 5.72. The van der Waals surface area contributed by atoms with Crippen molar-refractivity contribution in [2.24, 2.45) is 0 Å². The van der Waals surface area contributed by atoms with Gasteiger partial charge in [0.15, 0.2) is 5.78 Å². The van der Waals surface area contributed by atoms with E-state index < -0.39 is 16.8 Å². The maximum atomic E-state index is 13.7. The largest absolute Gasteiger partial charge is 0.469 e. The molecule has 0 bridgehead atoms. The first kappa shape index (κ1) is 22.0. The van der Waals surface area contributed by atoms with Gasteiger partial charge in [-0.25, -0.2) is 4.39 Å². The molecule has 150 valence electrons. The van der Waals surface area contributed by atoms with Crippen LogP contribution in [-0.4, -0.2) is 34.6 Å². The molecule has 0 aliphatic rings. The molecule has 0 aliphatic carbocycles. The summed E-state index contributed by atoms with van der Waals surface area (Å²) in [6, 6.07) is 9.11. The fourth-order valence-electron chi connectivity index (χ4n) is 3.15. The highest BCUT2D eigenvalue weighted by atomic mass is 32.2. The number of rotatable bonds is 8. The van der Waals surface area contributed by atoms with E-state index in [1.54, 1.807) is 13.0 Å². The third-order valence-corrected chi connectivity index (χ3v) is 5.86. The zero-order chi connectivity index (χ0) is 20.8. The first-order valence-electron chi connectivity index (χ1n) is 9.01. The molecule has 6 heteroatoms. The number of Topliss-reactive ketones (excluding diaryl/α,β-unsaturated/α-hetero) is 1. The molecule has 0 aromatic heterocycles. The van der Waals surface area contributed by atoms with Crippen molar-refractivity contribution in [3.8, 4) is 11.1 Å². The number of carbonyl (C=O) groups excluding carboxylic acids is 2. The van der Waals surface area contributed by atoms with Gasteiger partial charge in [0.1, 0.15) is 12.2 Å². The molecule has 2 rings (SSSR count). The van der Waals surface area contributed by atoms with Gasteiger partial charge in [-0.05, 0) is 67.1 Å². The van der Waals surface area contributed by atoms with E-state index in [1.165, 1.54) is 13.2 Å². The number of carbonyl (C=O) groups is 2. The number of hydrogen-bond acceptors (Lipinski definition) is 4. The molecule has 0 heterocycles. The van der Waals surface area contributed by atoms with Crippen molar-refractivity contribution in [2.75, 3.05) is 18.6 Å². The Bertz CT molecular complexity index is 921. The molecule has 28 heavy (non-hydrogen) atoms. The van der Waals surface area contributed by atoms with E-state index in [0.717, 1.165) is 27.8 Å². The van der Waals surface area contributed by atoms with Crippen LogP contribution in [0.3, 0.4) is 0 Å². The Hall–Kier alpha value is -2.34. The highest BCUT2D eigenvalue weighted by Crippen LogP contribution is 2.29. The van der Waals surface area contributed by atoms with Crippen molar-refractivity contribution in [3.05, 3.63) is 58.4 Å². The van der Waals surface area contributed by atoms with Crippen LogP contribution in [0.5, 0.6) is 0 Å². The first-order valence-corrected chi connectivity index (χ1v) is 10.5. The van der Waals surface area contributed by atoms with Gasteiger partial charge in [-0.2, -0.15) is 0 Å². The molecule has 0 radical (unpaired) electrons. The van der Waals surface area contributed by atoms with Crippen molar-refractivity contribution < 1.29 is 22.9 Å². The minimum absolute atomic E-state index is 0.162. The Balaban J connectivity index is 2.19. The molecular weight excluding hydrogens is 379 g/mol. The minimum Gasteiger partial charge on any atom is -0.469 e. The van der Waals surface area contributed by atoms with E-state index >= 15 is 0 Å². The van der Waals surface area contributed by atoms with Gasteiger partial charge in [0.2, 0.25) is 0 Å². The molecule has 0 N–H and O–H groups in total. The van der Waals surface area contributed by atoms with E-state index in [0.29, 0.717) is 17.7 Å². The van der Waals surface area contributed by atoms with Crippen LogP contribution in [0.1, 0.15) is 28.7 Å². The zero-order valence-electron chi connectivity index (χ0n) is 16.6. The summed E-state index contributed by atoms with van der Waals surface area (Å²) in [5.41, 5.74) is 5.65. The van der Waals surface area contributed by atoms with Gasteiger partial charge in [0, 0.05) is 16.6 Å². The Kier molecular flexibility index (Phi) is 7.63. The van der Waals surface area contributed by atoms with Crippen LogP contribution in [0.15, 0.2) is 30.3 Å². The van der Waals surface area contributed by atoms with E-state index in [2.05, 4.69) is 10.8 Å². The average molecular weight is 405 g/mol. The van der Waals surface area contributed by atoms with Crippen LogP contribution in [0.2, 0.25) is 0 Å². The fraction of sp³-hybridized carbons (Fsp3) is 0.364. The molecule has 4 nitrogen and oxygen atoms in total. The number of benzene rings is 2. The Morgan fingerprint density at radius 3 is 2.43 bits per heavy atom. The quantitative estimate of drug-likeness (QED) is 0.495. The maximum Gasteiger partial charge on any atom is 0.313 e. The second-order valence-electron chi connectivity index (χ2n) is 6.90. The lowest BCUT2D eigenvalue weighted by atomic mass is 9.91. The Morgan fingerprint density at radius 1 is 1.07 bits per heavy atom. The lowest BCUT2D eigenvalue weighted by Gasteiger charge is -2.15. The molecule has 1 atom stereocenters. The van der Waals surface area contributed by atoms with E-state index in [9.17, 15) is 18.2 Å². The van der Waals surface area contributed by atoms with Gasteiger partial charge in [0.05, 0.1) is 12.9 Å². The van der Waals surface area contributed by atoms with Gasteiger partial charge in [-0.3, -0.25) is 13.8 Å². The maximum absolute atomic E-state index is 13.7. The molecule has 2 aromatic carbocycles. The lowest BCUT2D eigenvalue weighted by Crippen LogP contribution is -2.18. The average Bonchev–Trinajstić information content (AvgIpc) is 2.62. The van der Waals surface area contributed by atoms with Crippen molar-refractivity contribution in [3.63, 3.8) is 0 Å². The predicted molar refractivity (Wildman–Crippen MR) is 109 cm³/mol. The molecule has 0 fully saturated rings. The summed E-state index contributed by atoms with van der Waals surface area (Å²) in [7, 11) is -0.159. The topological polar surface area (TPSA) is 60.4 Å². The predicted octanol–water partition coefficient (Wildman–Crippen LogP) is 3.84. The Labute approximate surface area is 167 Å². The molecule has 0 saturated carbocycles. The molecule has 2 aromatic rings. The van der Waals surface area contributed by atoms with Crippen LogP contribution in [-0.2, 0) is 31.5 Å². The van der Waals surface area contributed by atoms with Gasteiger partial charge in [0.25, 0.3) is 0 Å². The number of esters is 1. The third-order valence-electron chi connectivity index (χ3n) is 4.56. The normalized spacial score (nSPS) is 11.9. The highest BCUT2D eigenvalue weighted by Gasteiger charge is 2.15. The molecule has 0 saturated heterocycles. The number of methoxy groups -OCH3 is 1. The summed E-state index contributed by atoms with van der Waals surface area (Å²) < 4.78 is 30.4. The smallest absolute Gasteiger partial charge is 0.313 e. The third kappa shape index (κ3) is 5.83. The lowest BCUT2D eigenvalue weighted by molar-refractivity contribution is -0.142. The van der Waals surface area contributed by atoms with Crippen molar-refractivity contribution >= 4 is 22.6 Å². The van der Waals surface area contributed by atoms with E-state index in [-0.39, 0.29) is 23.8 Å². The molecule has 0 spiro atoms. The number of ether oxygens (including phenoxy) is 1. The van der Waals surface area contributed by atoms with Gasteiger partial charge < -0.3 is 4.74 Å². The van der Waals surface area contributed by atoms with Crippen molar-refractivity contribution in [2.45, 2.75) is 33.6 Å². The second kappa shape index (κ2) is 9.73. The SMILES string of the molecule is COC(=O)CC(=O)CS(=O)CCc1c(C)cc(C)cc1-c1ccc(F)c(C)c1. The molecule has 1 unspecified atom stereocenters. The number of aryl methyl sites for hydroxylation is 3. The zero-order valence-corrected chi connectivity index (χ0v) is 17.5. The highest BCUT2D eigenvalue weighted by molar-refractivity contribution is 7.85. The van der Waals surface area contributed by atoms with Crippen LogP contribution in [0.4, 0.5) is 4.39 Å². The van der Waals surface area contributed by atoms with Crippen LogP contribution in [0, 0.1) is 26.6 Å². The molecular formula is C22H25FO4S. The van der Waals surface area contributed by atoms with Crippen molar-refractivity contribution in [1.82, 2.24) is 0 Å². The van der Waals surface area contributed by atoms with Crippen LogP contribution in [0.25, 0.3) is 11.1 Å². The van der Waals surface area contributed by atoms with E-state index in [1.807, 2.05) is 26.0 Å². The Morgan fingerprint density at radius 2 is 1.79 bits per heavy atom. The van der Waals surface area contributed by atoms with Gasteiger partial charge >= 0.3 is 5.97 Å². The van der Waals surface area contributed by atoms with Gasteiger partial charge in [-0.1, -0.05) is 23.8 Å². The van der Waals surface area contributed by atoms with E-state index in [4.69, 9.17) is 0 Å². The summed E-state index contributed by atoms with van der Waals surface area (Å²) in [6.07, 6.45) is 0.169. The standard InChI is InChI=1S/C22H25FO4S/c1-14-9-15(2)19(7-8-28(26)13-18(24)12-22(25)27-4)20(10-14)17-5-6-21(23)16(3)11-17/h5-6,9-11H,7-8,12-13H2,1-4H3. The van der Waals surface area contributed by atoms with Crippen molar-refractivity contribution in [1.29, 1.82) is 0 Å². The second-order valence-corrected chi connectivity index (χ2v) is 8.48. The van der Waals surface area contributed by atoms with Crippen LogP contribution >= 0.6 is 0 Å². The number of hydrogen-bond donors (Lipinski definition) is 0. The molecule has 0 aliphatic heterocycles. The fourth-order valence-corrected chi connectivity index (χ4v) is 4.19. The number of ketones is 1. The first-order chi connectivity index (χ1) is 13.2. The minimum atomic E-state index is -1.37. The van der Waals surface area contributed by atoms with Gasteiger partial charge in [-0.15, -0.1) is 0 Å². The monoisotopic (exact) mass is 404 g/mol. The molecule has 0 amide bonds. The summed E-state index contributed by atoms with van der Waals surface area (Å²) in [5.74, 6) is -1.11. The summed E-state index contributed by atoms with van der Waals surface area (Å²) in [4.78, 5) is 22.9.